The Kier molecular flexibility index (Phi) is 4.10. The van der Waals surface area contributed by atoms with Crippen molar-refractivity contribution in [3.63, 3.8) is 0 Å². The highest BCUT2D eigenvalue weighted by Gasteiger charge is 2.12. The topological polar surface area (TPSA) is 15.8 Å². The largest absolute Gasteiger partial charge is 0.367 e. The Labute approximate surface area is 127 Å². The van der Waals surface area contributed by atoms with Gasteiger partial charge in [0.15, 0.2) is 0 Å². The van der Waals surface area contributed by atoms with Crippen LogP contribution in [0.1, 0.15) is 49.7 Å². The first kappa shape index (κ1) is 13.9. The van der Waals surface area contributed by atoms with Crippen molar-refractivity contribution < 1.29 is 0 Å². The number of nitrogens with one attached hydrogen (secondary N) is 1. The smallest absolute Gasteiger partial charge is 0.00400 e. The monoisotopic (exact) mass is 277 g/mol. The third-order valence-corrected chi connectivity index (χ3v) is 4.58. The van der Waals surface area contributed by atoms with Crippen molar-refractivity contribution in [3.8, 4) is 0 Å². The minimum atomic E-state index is 0.595. The molecule has 108 valence electrons. The van der Waals surface area contributed by atoms with E-state index in [2.05, 4.69) is 73.6 Å². The first-order chi connectivity index (χ1) is 10.3. The molecule has 2 atom stereocenters. The number of aromatic nitrogens is 1. The molecule has 3 rings (SSSR count). The molecule has 2 aromatic carbocycles. The molecular formula is C20H23N. The molecule has 3 aromatic rings. The van der Waals surface area contributed by atoms with Crippen molar-refractivity contribution >= 4 is 10.8 Å². The fourth-order valence-corrected chi connectivity index (χ4v) is 3.15. The molecule has 1 aromatic heterocycles. The third-order valence-electron chi connectivity index (χ3n) is 4.58. The highest BCUT2D eigenvalue weighted by atomic mass is 14.6. The van der Waals surface area contributed by atoms with Gasteiger partial charge in [0.05, 0.1) is 0 Å². The van der Waals surface area contributed by atoms with Crippen LogP contribution in [0.4, 0.5) is 0 Å². The van der Waals surface area contributed by atoms with Crippen LogP contribution in [0.25, 0.3) is 10.8 Å². The van der Waals surface area contributed by atoms with Crippen LogP contribution in [0, 0.1) is 0 Å². The second kappa shape index (κ2) is 6.17. The average Bonchev–Trinajstić information content (AvgIpc) is 3.06. The van der Waals surface area contributed by atoms with E-state index in [0.29, 0.717) is 11.8 Å². The van der Waals surface area contributed by atoms with Crippen LogP contribution in [0.2, 0.25) is 0 Å². The van der Waals surface area contributed by atoms with Crippen molar-refractivity contribution in [1.82, 2.24) is 4.98 Å². The molecule has 2 unspecified atom stereocenters. The van der Waals surface area contributed by atoms with Crippen LogP contribution >= 0.6 is 0 Å². The maximum atomic E-state index is 3.15. The Hall–Kier alpha value is -2.02. The quantitative estimate of drug-likeness (QED) is 0.601. The van der Waals surface area contributed by atoms with E-state index in [0.717, 1.165) is 0 Å². The maximum absolute atomic E-state index is 3.15. The number of rotatable bonds is 5. The van der Waals surface area contributed by atoms with Crippen LogP contribution in [-0.2, 0) is 0 Å². The summed E-state index contributed by atoms with van der Waals surface area (Å²) in [5.41, 5.74) is 2.90. The summed E-state index contributed by atoms with van der Waals surface area (Å²) in [6.45, 7) is 4.67. The lowest BCUT2D eigenvalue weighted by Crippen LogP contribution is -1.99. The van der Waals surface area contributed by atoms with Gasteiger partial charge >= 0.3 is 0 Å². The second-order valence-corrected chi connectivity index (χ2v) is 6.09. The van der Waals surface area contributed by atoms with Gasteiger partial charge in [-0.15, -0.1) is 0 Å². The average molecular weight is 277 g/mol. The molecule has 0 amide bonds. The molecule has 0 aliphatic rings. The van der Waals surface area contributed by atoms with Gasteiger partial charge in [-0.25, -0.2) is 0 Å². The zero-order valence-electron chi connectivity index (χ0n) is 12.8. The zero-order chi connectivity index (χ0) is 14.7. The normalized spacial score (nSPS) is 14.2. The third kappa shape index (κ3) is 3.02. The van der Waals surface area contributed by atoms with Crippen LogP contribution in [-0.4, -0.2) is 4.98 Å². The molecule has 21 heavy (non-hydrogen) atoms. The van der Waals surface area contributed by atoms with E-state index in [-0.39, 0.29) is 0 Å². The van der Waals surface area contributed by atoms with Gasteiger partial charge in [-0.1, -0.05) is 56.3 Å². The van der Waals surface area contributed by atoms with Crippen molar-refractivity contribution in [2.45, 2.75) is 38.5 Å². The molecule has 0 aliphatic heterocycles. The molecule has 1 nitrogen and oxygen atoms in total. The first-order valence-corrected chi connectivity index (χ1v) is 7.86. The van der Waals surface area contributed by atoms with E-state index < -0.39 is 0 Å². The van der Waals surface area contributed by atoms with Crippen LogP contribution in [0.5, 0.6) is 0 Å². The molecule has 0 saturated carbocycles. The van der Waals surface area contributed by atoms with Crippen LogP contribution < -0.4 is 0 Å². The molecular weight excluding hydrogens is 254 g/mol. The Morgan fingerprint density at radius 2 is 1.62 bits per heavy atom. The Morgan fingerprint density at radius 1 is 0.857 bits per heavy atom. The first-order valence-electron chi connectivity index (χ1n) is 7.86. The Balaban J connectivity index is 1.74. The second-order valence-electron chi connectivity index (χ2n) is 6.09. The minimum Gasteiger partial charge on any atom is -0.367 e. The van der Waals surface area contributed by atoms with Crippen molar-refractivity contribution in [2.75, 3.05) is 0 Å². The zero-order valence-corrected chi connectivity index (χ0v) is 12.8. The van der Waals surface area contributed by atoms with Gasteiger partial charge in [-0.3, -0.25) is 0 Å². The number of fused-ring (bicyclic) bond motifs is 1. The van der Waals surface area contributed by atoms with E-state index in [1.807, 2.05) is 6.20 Å². The van der Waals surface area contributed by atoms with E-state index in [1.165, 1.54) is 34.7 Å². The predicted octanol–water partition coefficient (Wildman–Crippen LogP) is 5.86. The van der Waals surface area contributed by atoms with Crippen molar-refractivity contribution in [3.05, 3.63) is 72.1 Å². The Bertz CT molecular complexity index is 691. The standard InChI is InChI=1S/C20H23N/c1-15(18-12-13-21-14-18)10-11-16(2)19-9-5-7-17-6-3-4-8-20(17)19/h3-9,12-16,21H,10-11H2,1-2H3. The molecule has 0 aliphatic carbocycles. The predicted molar refractivity (Wildman–Crippen MR) is 90.8 cm³/mol. The lowest BCUT2D eigenvalue weighted by atomic mass is 9.88. The molecule has 1 heterocycles. The van der Waals surface area contributed by atoms with Crippen molar-refractivity contribution in [1.29, 1.82) is 0 Å². The van der Waals surface area contributed by atoms with Crippen LogP contribution in [0.15, 0.2) is 60.9 Å². The molecule has 1 N–H and O–H groups in total. The van der Waals surface area contributed by atoms with Gasteiger partial charge in [-0.05, 0) is 52.6 Å². The minimum absolute atomic E-state index is 0.595. The summed E-state index contributed by atoms with van der Waals surface area (Å²) in [6, 6.07) is 17.6. The maximum Gasteiger partial charge on any atom is 0.00400 e. The van der Waals surface area contributed by atoms with E-state index >= 15 is 0 Å². The summed E-state index contributed by atoms with van der Waals surface area (Å²) in [5, 5.41) is 2.75. The number of hydrogen-bond donors (Lipinski definition) is 1. The lowest BCUT2D eigenvalue weighted by molar-refractivity contribution is 0.576. The summed E-state index contributed by atoms with van der Waals surface area (Å²) in [7, 11) is 0. The summed E-state index contributed by atoms with van der Waals surface area (Å²) in [4.78, 5) is 3.15. The summed E-state index contributed by atoms with van der Waals surface area (Å²) >= 11 is 0. The highest BCUT2D eigenvalue weighted by Crippen LogP contribution is 2.31. The van der Waals surface area contributed by atoms with Gasteiger partial charge in [0, 0.05) is 12.4 Å². The van der Waals surface area contributed by atoms with Gasteiger partial charge < -0.3 is 4.98 Å². The van der Waals surface area contributed by atoms with Crippen LogP contribution in [0.3, 0.4) is 0 Å². The molecule has 0 spiro atoms. The highest BCUT2D eigenvalue weighted by molar-refractivity contribution is 5.86. The van der Waals surface area contributed by atoms with E-state index in [4.69, 9.17) is 0 Å². The van der Waals surface area contributed by atoms with E-state index in [9.17, 15) is 0 Å². The molecule has 0 bridgehead atoms. The molecule has 0 saturated heterocycles. The lowest BCUT2D eigenvalue weighted by Gasteiger charge is -2.17. The summed E-state index contributed by atoms with van der Waals surface area (Å²) in [6.07, 6.45) is 6.58. The number of benzene rings is 2. The number of aromatic amines is 1. The van der Waals surface area contributed by atoms with Gasteiger partial charge in [-0.2, -0.15) is 0 Å². The molecule has 1 heteroatoms. The molecule has 0 fully saturated rings. The molecule has 0 radical (unpaired) electrons. The van der Waals surface area contributed by atoms with Gasteiger partial charge in [0.1, 0.15) is 0 Å². The summed E-state index contributed by atoms with van der Waals surface area (Å²) < 4.78 is 0. The fourth-order valence-electron chi connectivity index (χ4n) is 3.15. The van der Waals surface area contributed by atoms with Gasteiger partial charge in [0.2, 0.25) is 0 Å². The van der Waals surface area contributed by atoms with Gasteiger partial charge in [0.25, 0.3) is 0 Å². The Morgan fingerprint density at radius 3 is 2.43 bits per heavy atom. The van der Waals surface area contributed by atoms with E-state index in [1.54, 1.807) is 0 Å². The SMILES string of the molecule is CC(CCC(C)c1cccc2ccccc12)c1cc[nH]c1. The summed E-state index contributed by atoms with van der Waals surface area (Å²) in [5.74, 6) is 1.21. The number of hydrogen-bond acceptors (Lipinski definition) is 0. The fraction of sp³-hybridized carbons (Fsp3) is 0.300. The van der Waals surface area contributed by atoms with Crippen molar-refractivity contribution in [2.24, 2.45) is 0 Å². The number of H-pyrrole nitrogens is 1.